The Hall–Kier alpha value is -0.560. The number of likely N-dealkylation sites (N-methyl/N-ethyl adjacent to an activating group) is 1. The first kappa shape index (κ1) is 11.4. The van der Waals surface area contributed by atoms with Crippen molar-refractivity contribution in [3.05, 3.63) is 23.8 Å². The van der Waals surface area contributed by atoms with Crippen LogP contribution in [0, 0.1) is 0 Å². The van der Waals surface area contributed by atoms with Gasteiger partial charge in [0.1, 0.15) is 0 Å². The average molecular weight is 167 g/mol. The van der Waals surface area contributed by atoms with Crippen LogP contribution < -0.4 is 5.32 Å². The maximum Gasteiger partial charge on any atom is 0.0164 e. The van der Waals surface area contributed by atoms with Gasteiger partial charge in [-0.05, 0) is 26.3 Å². The Balaban J connectivity index is 3.70. The molecule has 0 fully saturated rings. The van der Waals surface area contributed by atoms with Gasteiger partial charge in [-0.1, -0.05) is 37.6 Å². The molecule has 1 N–H and O–H groups in total. The summed E-state index contributed by atoms with van der Waals surface area (Å²) < 4.78 is 0. The Morgan fingerprint density at radius 1 is 1.33 bits per heavy atom. The van der Waals surface area contributed by atoms with Crippen LogP contribution in [0.15, 0.2) is 23.8 Å². The molecule has 0 heterocycles. The average Bonchev–Trinajstić information content (AvgIpc) is 2.11. The van der Waals surface area contributed by atoms with Gasteiger partial charge in [-0.25, -0.2) is 0 Å². The first-order valence-corrected chi connectivity index (χ1v) is 4.84. The summed E-state index contributed by atoms with van der Waals surface area (Å²) in [6, 6.07) is 0. The molecule has 0 aromatic rings. The van der Waals surface area contributed by atoms with Crippen molar-refractivity contribution in [2.75, 3.05) is 13.1 Å². The number of rotatable bonds is 6. The second-order valence-electron chi connectivity index (χ2n) is 2.80. The normalized spacial score (nSPS) is 12.8. The SMILES string of the molecule is C/C=C\C/C=C(\CC)CNCC. The van der Waals surface area contributed by atoms with E-state index in [2.05, 4.69) is 44.3 Å². The minimum atomic E-state index is 1.05. The highest BCUT2D eigenvalue weighted by Crippen LogP contribution is 2.00. The van der Waals surface area contributed by atoms with E-state index in [0.717, 1.165) is 25.9 Å². The lowest BCUT2D eigenvalue weighted by Crippen LogP contribution is -2.15. The summed E-state index contributed by atoms with van der Waals surface area (Å²) in [4.78, 5) is 0. The zero-order valence-corrected chi connectivity index (χ0v) is 8.56. The van der Waals surface area contributed by atoms with E-state index in [1.165, 1.54) is 5.57 Å². The fraction of sp³-hybridized carbons (Fsp3) is 0.636. The number of allylic oxidation sites excluding steroid dienone is 3. The highest BCUT2D eigenvalue weighted by Gasteiger charge is 1.90. The highest BCUT2D eigenvalue weighted by molar-refractivity contribution is 5.06. The van der Waals surface area contributed by atoms with E-state index in [0.29, 0.717) is 0 Å². The van der Waals surface area contributed by atoms with Crippen LogP contribution in [0.5, 0.6) is 0 Å². The maximum absolute atomic E-state index is 3.33. The summed E-state index contributed by atoms with van der Waals surface area (Å²) in [5.41, 5.74) is 1.51. The molecule has 70 valence electrons. The zero-order chi connectivity index (χ0) is 9.23. The van der Waals surface area contributed by atoms with Crippen LogP contribution in [0.25, 0.3) is 0 Å². The van der Waals surface area contributed by atoms with Crippen LogP contribution in [0.1, 0.15) is 33.6 Å². The molecule has 0 bridgehead atoms. The van der Waals surface area contributed by atoms with Gasteiger partial charge >= 0.3 is 0 Å². The van der Waals surface area contributed by atoms with Crippen molar-refractivity contribution in [3.8, 4) is 0 Å². The quantitative estimate of drug-likeness (QED) is 0.600. The van der Waals surface area contributed by atoms with Gasteiger partial charge in [0.2, 0.25) is 0 Å². The van der Waals surface area contributed by atoms with Crippen molar-refractivity contribution in [1.82, 2.24) is 5.32 Å². The van der Waals surface area contributed by atoms with Crippen molar-refractivity contribution < 1.29 is 0 Å². The minimum Gasteiger partial charge on any atom is -0.313 e. The topological polar surface area (TPSA) is 12.0 Å². The van der Waals surface area contributed by atoms with Crippen LogP contribution in [0.2, 0.25) is 0 Å². The van der Waals surface area contributed by atoms with Crippen molar-refractivity contribution in [2.45, 2.75) is 33.6 Å². The van der Waals surface area contributed by atoms with Crippen LogP contribution in [-0.2, 0) is 0 Å². The van der Waals surface area contributed by atoms with E-state index in [9.17, 15) is 0 Å². The summed E-state index contributed by atoms with van der Waals surface area (Å²) >= 11 is 0. The monoisotopic (exact) mass is 167 g/mol. The molecule has 0 aliphatic heterocycles. The smallest absolute Gasteiger partial charge is 0.0164 e. The summed E-state index contributed by atoms with van der Waals surface area (Å²) in [5.74, 6) is 0. The van der Waals surface area contributed by atoms with Gasteiger partial charge in [-0.3, -0.25) is 0 Å². The molecule has 0 saturated carbocycles. The first-order chi connectivity index (χ1) is 5.85. The van der Waals surface area contributed by atoms with E-state index in [4.69, 9.17) is 0 Å². The van der Waals surface area contributed by atoms with Gasteiger partial charge in [0, 0.05) is 6.54 Å². The van der Waals surface area contributed by atoms with Crippen molar-refractivity contribution >= 4 is 0 Å². The lowest BCUT2D eigenvalue weighted by Gasteiger charge is -2.03. The van der Waals surface area contributed by atoms with Gasteiger partial charge in [-0.15, -0.1) is 0 Å². The molecule has 1 heteroatoms. The summed E-state index contributed by atoms with van der Waals surface area (Å²) in [5, 5.41) is 3.33. The molecule has 0 aliphatic carbocycles. The molecule has 12 heavy (non-hydrogen) atoms. The third-order valence-corrected chi connectivity index (χ3v) is 1.83. The van der Waals surface area contributed by atoms with E-state index in [1.54, 1.807) is 0 Å². The second kappa shape index (κ2) is 8.54. The van der Waals surface area contributed by atoms with Crippen LogP contribution in [0.4, 0.5) is 0 Å². The van der Waals surface area contributed by atoms with Gasteiger partial charge in [-0.2, -0.15) is 0 Å². The predicted octanol–water partition coefficient (Wildman–Crippen LogP) is 2.90. The first-order valence-electron chi connectivity index (χ1n) is 4.84. The van der Waals surface area contributed by atoms with E-state index < -0.39 is 0 Å². The maximum atomic E-state index is 3.33. The molecule has 0 aromatic carbocycles. The van der Waals surface area contributed by atoms with Gasteiger partial charge < -0.3 is 5.32 Å². The molecule has 0 spiro atoms. The Labute approximate surface area is 76.6 Å². The van der Waals surface area contributed by atoms with Gasteiger partial charge in [0.05, 0.1) is 0 Å². The largest absolute Gasteiger partial charge is 0.313 e. The Morgan fingerprint density at radius 3 is 2.58 bits per heavy atom. The van der Waals surface area contributed by atoms with Crippen molar-refractivity contribution in [1.29, 1.82) is 0 Å². The third-order valence-electron chi connectivity index (χ3n) is 1.83. The summed E-state index contributed by atoms with van der Waals surface area (Å²) in [7, 11) is 0. The lowest BCUT2D eigenvalue weighted by molar-refractivity contribution is 0.756. The van der Waals surface area contributed by atoms with E-state index in [1.807, 2.05) is 0 Å². The van der Waals surface area contributed by atoms with Crippen LogP contribution in [-0.4, -0.2) is 13.1 Å². The fourth-order valence-corrected chi connectivity index (χ4v) is 0.998. The van der Waals surface area contributed by atoms with Gasteiger partial charge in [0.15, 0.2) is 0 Å². The Morgan fingerprint density at radius 2 is 2.08 bits per heavy atom. The molecule has 0 aliphatic rings. The molecular weight excluding hydrogens is 146 g/mol. The standard InChI is InChI=1S/C11H21N/c1-4-7-8-9-11(5-2)10-12-6-3/h4,7,9,12H,5-6,8,10H2,1-3H3/b7-4-,11-9+. The molecule has 0 aromatic heterocycles. The number of hydrogen-bond acceptors (Lipinski definition) is 1. The van der Waals surface area contributed by atoms with Crippen molar-refractivity contribution in [2.24, 2.45) is 0 Å². The molecule has 0 radical (unpaired) electrons. The van der Waals surface area contributed by atoms with E-state index >= 15 is 0 Å². The molecular formula is C11H21N. The Bertz CT molecular complexity index is 145. The second-order valence-corrected chi connectivity index (χ2v) is 2.80. The third kappa shape index (κ3) is 6.17. The fourth-order valence-electron chi connectivity index (χ4n) is 0.998. The van der Waals surface area contributed by atoms with Crippen LogP contribution in [0.3, 0.4) is 0 Å². The molecule has 1 nitrogen and oxygen atoms in total. The minimum absolute atomic E-state index is 1.05. The van der Waals surface area contributed by atoms with E-state index in [-0.39, 0.29) is 0 Å². The van der Waals surface area contributed by atoms with Crippen LogP contribution >= 0.6 is 0 Å². The van der Waals surface area contributed by atoms with Gasteiger partial charge in [0.25, 0.3) is 0 Å². The molecule has 0 amide bonds. The summed E-state index contributed by atoms with van der Waals surface area (Å²) in [6.45, 7) is 8.51. The molecule has 0 unspecified atom stereocenters. The number of hydrogen-bond donors (Lipinski definition) is 1. The highest BCUT2D eigenvalue weighted by atomic mass is 14.8. The summed E-state index contributed by atoms with van der Waals surface area (Å²) in [6.07, 6.45) is 8.82. The Kier molecular flexibility index (Phi) is 8.14. The molecule has 0 atom stereocenters. The van der Waals surface area contributed by atoms with Crippen molar-refractivity contribution in [3.63, 3.8) is 0 Å². The number of nitrogens with one attached hydrogen (secondary N) is 1. The molecule has 0 saturated heterocycles. The zero-order valence-electron chi connectivity index (χ0n) is 8.56. The predicted molar refractivity (Wildman–Crippen MR) is 56.3 cm³/mol. The lowest BCUT2D eigenvalue weighted by atomic mass is 10.1. The molecule has 0 rings (SSSR count).